The highest BCUT2D eigenvalue weighted by Gasteiger charge is 2.15. The summed E-state index contributed by atoms with van der Waals surface area (Å²) in [6.07, 6.45) is 1.39. The van der Waals surface area contributed by atoms with Crippen molar-refractivity contribution in [3.05, 3.63) is 62.9 Å². The molecule has 0 atom stereocenters. The highest BCUT2D eigenvalue weighted by Crippen LogP contribution is 2.29. The Bertz CT molecular complexity index is 1070. The second-order valence-electron chi connectivity index (χ2n) is 5.34. The summed E-state index contributed by atoms with van der Waals surface area (Å²) in [6, 6.07) is 11.3. The normalized spacial score (nSPS) is 11.0. The van der Waals surface area contributed by atoms with Gasteiger partial charge in [0.05, 0.1) is 23.3 Å². The molecule has 0 saturated carbocycles. The van der Waals surface area contributed by atoms with Crippen molar-refractivity contribution in [3.8, 4) is 22.9 Å². The maximum Gasteiger partial charge on any atom is 0.311 e. The lowest BCUT2D eigenvalue weighted by Gasteiger charge is -2.08. The van der Waals surface area contributed by atoms with E-state index in [1.807, 2.05) is 31.2 Å². The molecule has 0 radical (unpaired) electrons. The number of nitro groups is 1. The summed E-state index contributed by atoms with van der Waals surface area (Å²) in [4.78, 5) is 10.3. The minimum Gasteiger partial charge on any atom is -0.502 e. The monoisotopic (exact) mass is 385 g/mol. The summed E-state index contributed by atoms with van der Waals surface area (Å²) in [5.41, 5.74) is 0.712. The van der Waals surface area contributed by atoms with E-state index in [0.29, 0.717) is 29.3 Å². The van der Waals surface area contributed by atoms with Gasteiger partial charge in [0.1, 0.15) is 5.75 Å². The molecule has 0 aliphatic heterocycles. The van der Waals surface area contributed by atoms with Crippen LogP contribution in [0.5, 0.6) is 11.5 Å². The van der Waals surface area contributed by atoms with Crippen molar-refractivity contribution in [1.82, 2.24) is 14.9 Å². The van der Waals surface area contributed by atoms with Crippen molar-refractivity contribution >= 4 is 24.1 Å². The quantitative estimate of drug-likeness (QED) is 0.290. The number of aromatic nitrogens is 3. The van der Waals surface area contributed by atoms with Crippen LogP contribution in [0.1, 0.15) is 12.5 Å². The lowest BCUT2D eigenvalue weighted by atomic mass is 10.2. The number of aromatic hydroxyl groups is 1. The third-order valence-corrected chi connectivity index (χ3v) is 3.86. The van der Waals surface area contributed by atoms with Gasteiger partial charge in [0, 0.05) is 11.6 Å². The first-order valence-corrected chi connectivity index (χ1v) is 8.33. The zero-order valence-electron chi connectivity index (χ0n) is 14.2. The van der Waals surface area contributed by atoms with Crippen LogP contribution in [0.3, 0.4) is 0 Å². The van der Waals surface area contributed by atoms with Crippen LogP contribution in [0, 0.1) is 14.9 Å². The molecule has 0 saturated heterocycles. The molecule has 138 valence electrons. The standard InChI is InChI=1S/C17H15N5O4S/c1-2-26-15-6-4-3-5-12(15)16-19-20-17(27)21(16)18-10-11-7-8-14(23)13(9-11)22(24)25/h3-10,23H,2H2,1H3,(H,20,27)/b18-10+. The average Bonchev–Trinajstić information content (AvgIpc) is 3.02. The van der Waals surface area contributed by atoms with E-state index < -0.39 is 16.4 Å². The maximum atomic E-state index is 10.9. The van der Waals surface area contributed by atoms with Gasteiger partial charge in [0.2, 0.25) is 4.77 Å². The molecule has 0 aliphatic carbocycles. The number of phenols is 1. The number of phenolic OH excluding ortho intramolecular Hbond substituents is 1. The van der Waals surface area contributed by atoms with Crippen molar-refractivity contribution in [2.45, 2.75) is 6.92 Å². The summed E-state index contributed by atoms with van der Waals surface area (Å²) in [5.74, 6) is 0.655. The molecule has 0 fully saturated rings. The van der Waals surface area contributed by atoms with E-state index in [-0.39, 0.29) is 4.77 Å². The van der Waals surface area contributed by atoms with Crippen LogP contribution in [-0.2, 0) is 0 Å². The van der Waals surface area contributed by atoms with E-state index in [1.54, 1.807) is 0 Å². The predicted octanol–water partition coefficient (Wildman–Crippen LogP) is 3.50. The number of benzene rings is 2. The number of para-hydroxylation sites is 1. The Labute approximate surface area is 158 Å². The summed E-state index contributed by atoms with van der Waals surface area (Å²) >= 11 is 5.23. The van der Waals surface area contributed by atoms with E-state index in [2.05, 4.69) is 15.3 Å². The summed E-state index contributed by atoms with van der Waals surface area (Å²) in [6.45, 7) is 2.37. The first-order chi connectivity index (χ1) is 13.0. The Morgan fingerprint density at radius 2 is 2.19 bits per heavy atom. The third-order valence-electron chi connectivity index (χ3n) is 3.60. The molecular formula is C17H15N5O4S. The van der Waals surface area contributed by atoms with Crippen LogP contribution >= 0.6 is 12.2 Å². The van der Waals surface area contributed by atoms with Gasteiger partial charge in [-0.15, -0.1) is 0 Å². The molecule has 27 heavy (non-hydrogen) atoms. The topological polar surface area (TPSA) is 119 Å². The van der Waals surface area contributed by atoms with Crippen molar-refractivity contribution in [1.29, 1.82) is 0 Å². The largest absolute Gasteiger partial charge is 0.502 e. The van der Waals surface area contributed by atoms with Gasteiger partial charge in [0.25, 0.3) is 0 Å². The van der Waals surface area contributed by atoms with Crippen molar-refractivity contribution in [2.24, 2.45) is 5.10 Å². The summed E-state index contributed by atoms with van der Waals surface area (Å²) < 4.78 is 7.26. The fraction of sp³-hybridized carbons (Fsp3) is 0.118. The number of aromatic amines is 1. The maximum absolute atomic E-state index is 10.9. The lowest BCUT2D eigenvalue weighted by molar-refractivity contribution is -0.385. The van der Waals surface area contributed by atoms with Crippen LogP contribution in [0.4, 0.5) is 5.69 Å². The molecular weight excluding hydrogens is 370 g/mol. The minimum atomic E-state index is -0.667. The van der Waals surface area contributed by atoms with Crippen LogP contribution < -0.4 is 4.74 Å². The fourth-order valence-electron chi connectivity index (χ4n) is 2.40. The second-order valence-corrected chi connectivity index (χ2v) is 5.73. The van der Waals surface area contributed by atoms with Gasteiger partial charge in [-0.3, -0.25) is 10.1 Å². The van der Waals surface area contributed by atoms with Gasteiger partial charge in [-0.25, -0.2) is 5.10 Å². The Morgan fingerprint density at radius 1 is 1.41 bits per heavy atom. The highest BCUT2D eigenvalue weighted by atomic mass is 32.1. The number of nitrogens with one attached hydrogen (secondary N) is 1. The van der Waals surface area contributed by atoms with E-state index >= 15 is 0 Å². The first kappa shape index (κ1) is 18.3. The summed E-state index contributed by atoms with van der Waals surface area (Å²) in [5, 5.41) is 31.6. The predicted molar refractivity (Wildman–Crippen MR) is 102 cm³/mol. The molecule has 2 aromatic carbocycles. The molecule has 0 aliphatic rings. The van der Waals surface area contributed by atoms with Gasteiger partial charge >= 0.3 is 5.69 Å². The number of H-pyrrole nitrogens is 1. The van der Waals surface area contributed by atoms with Gasteiger partial charge < -0.3 is 9.84 Å². The van der Waals surface area contributed by atoms with Crippen LogP contribution in [0.2, 0.25) is 0 Å². The Balaban J connectivity index is 2.02. The molecule has 0 bridgehead atoms. The first-order valence-electron chi connectivity index (χ1n) is 7.92. The fourth-order valence-corrected chi connectivity index (χ4v) is 2.58. The van der Waals surface area contributed by atoms with Gasteiger partial charge in [-0.1, -0.05) is 12.1 Å². The molecule has 0 amide bonds. The molecule has 2 N–H and O–H groups in total. The zero-order valence-corrected chi connectivity index (χ0v) is 15.0. The highest BCUT2D eigenvalue weighted by molar-refractivity contribution is 7.71. The molecule has 1 heterocycles. The number of hydrogen-bond donors (Lipinski definition) is 2. The van der Waals surface area contributed by atoms with Crippen LogP contribution in [0.25, 0.3) is 11.4 Å². The summed E-state index contributed by atoms with van der Waals surface area (Å²) in [7, 11) is 0. The smallest absolute Gasteiger partial charge is 0.311 e. The molecule has 0 unspecified atom stereocenters. The van der Waals surface area contributed by atoms with Crippen molar-refractivity contribution in [2.75, 3.05) is 6.61 Å². The van der Waals surface area contributed by atoms with E-state index in [1.165, 1.54) is 29.1 Å². The zero-order chi connectivity index (χ0) is 19.4. The Morgan fingerprint density at radius 3 is 2.93 bits per heavy atom. The molecule has 3 rings (SSSR count). The Kier molecular flexibility index (Phi) is 5.27. The van der Waals surface area contributed by atoms with E-state index in [9.17, 15) is 15.2 Å². The SMILES string of the molecule is CCOc1ccccc1-c1n[nH]c(=S)n1/N=C/c1ccc(O)c([N+](=O)[O-])c1. The molecule has 9 nitrogen and oxygen atoms in total. The number of nitro benzene ring substituents is 1. The number of ether oxygens (including phenoxy) is 1. The number of rotatable bonds is 6. The van der Waals surface area contributed by atoms with E-state index in [0.717, 1.165) is 0 Å². The number of nitrogens with zero attached hydrogens (tertiary/aromatic N) is 4. The van der Waals surface area contributed by atoms with Crippen LogP contribution in [-0.4, -0.2) is 37.7 Å². The second kappa shape index (κ2) is 7.79. The molecule has 3 aromatic rings. The lowest BCUT2D eigenvalue weighted by Crippen LogP contribution is -1.99. The Hall–Kier alpha value is -3.53. The molecule has 10 heteroatoms. The average molecular weight is 385 g/mol. The van der Waals surface area contributed by atoms with Gasteiger partial charge in [-0.05, 0) is 43.4 Å². The number of hydrogen-bond acceptors (Lipinski definition) is 7. The molecule has 0 spiro atoms. The molecule has 1 aromatic heterocycles. The third kappa shape index (κ3) is 3.85. The van der Waals surface area contributed by atoms with Crippen LogP contribution in [0.15, 0.2) is 47.6 Å². The van der Waals surface area contributed by atoms with Gasteiger partial charge in [0.15, 0.2) is 11.6 Å². The minimum absolute atomic E-state index is 0.251. The van der Waals surface area contributed by atoms with Gasteiger partial charge in [-0.2, -0.15) is 14.9 Å². The van der Waals surface area contributed by atoms with Crippen molar-refractivity contribution < 1.29 is 14.8 Å². The van der Waals surface area contributed by atoms with E-state index in [4.69, 9.17) is 17.0 Å². The van der Waals surface area contributed by atoms with Crippen molar-refractivity contribution in [3.63, 3.8) is 0 Å².